The molecule has 2 aromatic heterocycles. The van der Waals surface area contributed by atoms with Crippen molar-refractivity contribution in [3.8, 4) is 17.0 Å². The molecule has 0 spiro atoms. The van der Waals surface area contributed by atoms with Gasteiger partial charge < -0.3 is 14.6 Å². The number of H-pyrrole nitrogens is 1. The zero-order chi connectivity index (χ0) is 24.4. The summed E-state index contributed by atoms with van der Waals surface area (Å²) < 4.78 is 6.28. The number of likely N-dealkylation sites (N-methyl/N-ethyl adjacent to an activating group) is 1. The molecule has 0 bridgehead atoms. The SMILES string of the molecule is Cc1cc(-c2[nH]c3ccc(OCC4CCN(CC(=O)N(C)C)CC4)cc3c2C(C)C)cc(C)n1. The van der Waals surface area contributed by atoms with Crippen molar-refractivity contribution in [1.29, 1.82) is 0 Å². The van der Waals surface area contributed by atoms with Gasteiger partial charge in [0, 0.05) is 41.9 Å². The molecule has 3 aromatic rings. The number of hydrogen-bond donors (Lipinski definition) is 1. The molecule has 1 saturated heterocycles. The number of nitrogens with zero attached hydrogens (tertiary/aromatic N) is 3. The van der Waals surface area contributed by atoms with Crippen LogP contribution in [0.5, 0.6) is 5.75 Å². The number of piperidine rings is 1. The Bertz CT molecular complexity index is 1140. The minimum absolute atomic E-state index is 0.173. The molecule has 1 aromatic carbocycles. The highest BCUT2D eigenvalue weighted by Crippen LogP contribution is 2.37. The van der Waals surface area contributed by atoms with Gasteiger partial charge in [-0.2, -0.15) is 0 Å². The van der Waals surface area contributed by atoms with Gasteiger partial charge in [-0.15, -0.1) is 0 Å². The molecule has 0 unspecified atom stereocenters. The number of pyridine rings is 1. The van der Waals surface area contributed by atoms with Gasteiger partial charge in [0.1, 0.15) is 5.75 Å². The van der Waals surface area contributed by atoms with E-state index in [1.807, 2.05) is 27.9 Å². The van der Waals surface area contributed by atoms with Gasteiger partial charge in [0.05, 0.1) is 18.8 Å². The van der Waals surface area contributed by atoms with Gasteiger partial charge in [0.2, 0.25) is 5.91 Å². The standard InChI is InChI=1S/C28H38N4O2/c1-18(2)27-24-15-23(34-17-21-9-11-32(12-10-21)16-26(33)31(5)6)7-8-25(24)30-28(27)22-13-19(3)29-20(4)14-22/h7-8,13-15,18,21,30H,9-12,16-17H2,1-6H3. The summed E-state index contributed by atoms with van der Waals surface area (Å²) >= 11 is 0. The molecule has 6 heteroatoms. The molecule has 4 rings (SSSR count). The fourth-order valence-corrected chi connectivity index (χ4v) is 4.95. The van der Waals surface area contributed by atoms with Crippen LogP contribution in [0.15, 0.2) is 30.3 Å². The van der Waals surface area contributed by atoms with E-state index in [0.29, 0.717) is 18.4 Å². The van der Waals surface area contributed by atoms with E-state index in [2.05, 4.69) is 59.0 Å². The number of aromatic nitrogens is 2. The van der Waals surface area contributed by atoms with E-state index in [1.165, 1.54) is 22.2 Å². The first kappa shape index (κ1) is 24.3. The second-order valence-corrected chi connectivity index (χ2v) is 10.2. The van der Waals surface area contributed by atoms with Crippen LogP contribution in [0.1, 0.15) is 49.6 Å². The molecule has 1 N–H and O–H groups in total. The Balaban J connectivity index is 1.47. The van der Waals surface area contributed by atoms with Crippen molar-refractivity contribution >= 4 is 16.8 Å². The van der Waals surface area contributed by atoms with Crippen LogP contribution in [0.2, 0.25) is 0 Å². The third-order valence-electron chi connectivity index (χ3n) is 6.81. The van der Waals surface area contributed by atoms with Crippen LogP contribution in [-0.2, 0) is 4.79 Å². The van der Waals surface area contributed by atoms with Crippen molar-refractivity contribution in [3.05, 3.63) is 47.3 Å². The first-order valence-corrected chi connectivity index (χ1v) is 12.4. The molecular formula is C28H38N4O2. The number of aryl methyl sites for hydroxylation is 2. The third-order valence-corrected chi connectivity index (χ3v) is 6.81. The lowest BCUT2D eigenvalue weighted by Gasteiger charge is -2.31. The van der Waals surface area contributed by atoms with Gasteiger partial charge >= 0.3 is 0 Å². The topological polar surface area (TPSA) is 61.5 Å². The van der Waals surface area contributed by atoms with Crippen molar-refractivity contribution in [2.45, 2.75) is 46.5 Å². The smallest absolute Gasteiger partial charge is 0.236 e. The number of amides is 1. The molecule has 6 nitrogen and oxygen atoms in total. The fourth-order valence-electron chi connectivity index (χ4n) is 4.95. The Hall–Kier alpha value is -2.86. The van der Waals surface area contributed by atoms with Crippen LogP contribution in [0.25, 0.3) is 22.2 Å². The lowest BCUT2D eigenvalue weighted by molar-refractivity contribution is -0.130. The molecule has 0 atom stereocenters. The lowest BCUT2D eigenvalue weighted by atomic mass is 9.95. The summed E-state index contributed by atoms with van der Waals surface area (Å²) in [7, 11) is 3.63. The highest BCUT2D eigenvalue weighted by molar-refractivity contribution is 5.92. The van der Waals surface area contributed by atoms with E-state index < -0.39 is 0 Å². The largest absolute Gasteiger partial charge is 0.493 e. The molecule has 0 radical (unpaired) electrons. The van der Waals surface area contributed by atoms with Crippen LogP contribution in [-0.4, -0.2) is 66.0 Å². The number of carbonyl (C=O) groups is 1. The van der Waals surface area contributed by atoms with Crippen LogP contribution < -0.4 is 4.74 Å². The summed E-state index contributed by atoms with van der Waals surface area (Å²) in [5.74, 6) is 2.00. The summed E-state index contributed by atoms with van der Waals surface area (Å²) in [6.45, 7) is 11.7. The Kier molecular flexibility index (Phi) is 7.27. The van der Waals surface area contributed by atoms with E-state index in [1.54, 1.807) is 4.90 Å². The van der Waals surface area contributed by atoms with Crippen LogP contribution in [0.3, 0.4) is 0 Å². The quantitative estimate of drug-likeness (QED) is 0.528. The van der Waals surface area contributed by atoms with Crippen LogP contribution in [0, 0.1) is 19.8 Å². The number of likely N-dealkylation sites (tertiary alicyclic amines) is 1. The molecule has 0 aliphatic carbocycles. The van der Waals surface area contributed by atoms with Crippen LogP contribution in [0.4, 0.5) is 0 Å². The first-order valence-electron chi connectivity index (χ1n) is 12.4. The molecule has 3 heterocycles. The van der Waals surface area contributed by atoms with Gasteiger partial charge in [0.25, 0.3) is 0 Å². The molecule has 1 aliphatic rings. The van der Waals surface area contributed by atoms with Crippen molar-refractivity contribution in [2.24, 2.45) is 5.92 Å². The van der Waals surface area contributed by atoms with Crippen LogP contribution >= 0.6 is 0 Å². The summed E-state index contributed by atoms with van der Waals surface area (Å²) in [5.41, 5.74) is 6.89. The summed E-state index contributed by atoms with van der Waals surface area (Å²) in [4.78, 5) is 24.1. The second kappa shape index (κ2) is 10.2. The maximum absolute atomic E-state index is 12.0. The summed E-state index contributed by atoms with van der Waals surface area (Å²) in [6, 6.07) is 10.7. The number of ether oxygens (including phenoxy) is 1. The first-order chi connectivity index (χ1) is 16.2. The summed E-state index contributed by atoms with van der Waals surface area (Å²) in [5, 5.41) is 1.23. The monoisotopic (exact) mass is 462 g/mol. The van der Waals surface area contributed by atoms with Crippen molar-refractivity contribution in [3.63, 3.8) is 0 Å². The average molecular weight is 463 g/mol. The minimum atomic E-state index is 0.173. The number of carbonyl (C=O) groups excluding carboxylic acids is 1. The zero-order valence-corrected chi connectivity index (χ0v) is 21.4. The Morgan fingerprint density at radius 2 is 1.82 bits per heavy atom. The Morgan fingerprint density at radius 1 is 1.15 bits per heavy atom. The normalized spacial score (nSPS) is 15.3. The average Bonchev–Trinajstić information content (AvgIpc) is 3.17. The Labute approximate surface area is 203 Å². The van der Waals surface area contributed by atoms with Crippen molar-refractivity contribution in [2.75, 3.05) is 40.3 Å². The molecule has 1 fully saturated rings. The predicted molar refractivity (Wildman–Crippen MR) is 138 cm³/mol. The van der Waals surface area contributed by atoms with Crippen molar-refractivity contribution < 1.29 is 9.53 Å². The fraction of sp³-hybridized carbons (Fsp3) is 0.500. The lowest BCUT2D eigenvalue weighted by Crippen LogP contribution is -2.41. The number of rotatable bonds is 7. The van der Waals surface area contributed by atoms with Gasteiger partial charge in [0.15, 0.2) is 0 Å². The Morgan fingerprint density at radius 3 is 2.44 bits per heavy atom. The number of fused-ring (bicyclic) bond motifs is 1. The predicted octanol–water partition coefficient (Wildman–Crippen LogP) is 5.15. The number of aromatic amines is 1. The van der Waals surface area contributed by atoms with E-state index >= 15 is 0 Å². The number of benzene rings is 1. The zero-order valence-electron chi connectivity index (χ0n) is 21.4. The highest BCUT2D eigenvalue weighted by atomic mass is 16.5. The highest BCUT2D eigenvalue weighted by Gasteiger charge is 2.22. The van der Waals surface area contributed by atoms with E-state index in [-0.39, 0.29) is 5.91 Å². The molecule has 182 valence electrons. The van der Waals surface area contributed by atoms with E-state index in [0.717, 1.165) is 55.2 Å². The molecule has 1 amide bonds. The summed E-state index contributed by atoms with van der Waals surface area (Å²) in [6.07, 6.45) is 2.13. The van der Waals surface area contributed by atoms with Gasteiger partial charge in [-0.05, 0) is 87.5 Å². The number of hydrogen-bond acceptors (Lipinski definition) is 4. The number of nitrogens with one attached hydrogen (secondary N) is 1. The molecule has 1 aliphatic heterocycles. The maximum atomic E-state index is 12.0. The van der Waals surface area contributed by atoms with E-state index in [4.69, 9.17) is 4.74 Å². The van der Waals surface area contributed by atoms with Gasteiger partial charge in [-0.1, -0.05) is 13.8 Å². The molecule has 34 heavy (non-hydrogen) atoms. The third kappa shape index (κ3) is 5.44. The van der Waals surface area contributed by atoms with Gasteiger partial charge in [-0.3, -0.25) is 14.7 Å². The second-order valence-electron chi connectivity index (χ2n) is 10.2. The maximum Gasteiger partial charge on any atom is 0.236 e. The minimum Gasteiger partial charge on any atom is -0.493 e. The molecular weight excluding hydrogens is 424 g/mol. The van der Waals surface area contributed by atoms with Gasteiger partial charge in [-0.25, -0.2) is 0 Å². The van der Waals surface area contributed by atoms with E-state index in [9.17, 15) is 4.79 Å². The van der Waals surface area contributed by atoms with Crippen molar-refractivity contribution in [1.82, 2.24) is 19.8 Å². The molecule has 0 saturated carbocycles.